The van der Waals surface area contributed by atoms with Gasteiger partial charge < -0.3 is 19.1 Å². The van der Waals surface area contributed by atoms with Crippen molar-refractivity contribution in [2.24, 2.45) is 0 Å². The molecule has 3 N–H and O–H groups in total. The summed E-state index contributed by atoms with van der Waals surface area (Å²) in [7, 11) is -4.47. The molecule has 0 amide bonds. The van der Waals surface area contributed by atoms with Gasteiger partial charge in [-0.05, 0) is 32.9 Å². The normalized spacial score (nSPS) is 25.6. The molecule has 0 saturated carbocycles. The first-order chi connectivity index (χ1) is 17.8. The summed E-state index contributed by atoms with van der Waals surface area (Å²) in [5, 5.41) is 12.9. The molecule has 38 heavy (non-hydrogen) atoms. The summed E-state index contributed by atoms with van der Waals surface area (Å²) in [5.74, 6) is -2.23. The van der Waals surface area contributed by atoms with Crippen molar-refractivity contribution in [1.82, 2.24) is 14.6 Å². The lowest BCUT2D eigenvalue weighted by Gasteiger charge is -2.26. The third-order valence-electron chi connectivity index (χ3n) is 5.37. The number of nitrogens with one attached hydrogen (secondary N) is 2. The first-order valence-corrected chi connectivity index (χ1v) is 12.9. The van der Waals surface area contributed by atoms with Crippen molar-refractivity contribution in [1.29, 1.82) is 0 Å². The minimum atomic E-state index is -4.47. The van der Waals surface area contributed by atoms with E-state index < -0.39 is 80.3 Å². The Bertz CT molecular complexity index is 1290. The molecule has 16 heteroatoms. The third kappa shape index (κ3) is 6.53. The number of carbonyl (C=O) groups is 1. The maximum Gasteiger partial charge on any atom is 0.459 e. The van der Waals surface area contributed by atoms with Gasteiger partial charge in [0.1, 0.15) is 30.7 Å². The number of esters is 1. The van der Waals surface area contributed by atoms with E-state index in [1.54, 1.807) is 37.0 Å². The number of carbonyl (C=O) groups excluding carboxylic acids is 1. The zero-order valence-electron chi connectivity index (χ0n) is 20.5. The number of aliphatic hydroxyl groups is 1. The number of para-hydroxylation sites is 1. The van der Waals surface area contributed by atoms with Crippen molar-refractivity contribution >= 4 is 13.7 Å². The molecule has 3 rings (SSSR count). The van der Waals surface area contributed by atoms with Gasteiger partial charge in [-0.15, -0.1) is 0 Å². The van der Waals surface area contributed by atoms with Gasteiger partial charge in [-0.2, -0.15) is 9.48 Å². The molecular formula is C22H27F3N3O9P. The molecule has 6 atom stereocenters. The molecule has 1 aromatic heterocycles. The zero-order chi connectivity index (χ0) is 28.3. The van der Waals surface area contributed by atoms with Crippen LogP contribution in [0.15, 0.2) is 46.1 Å². The highest BCUT2D eigenvalue weighted by Gasteiger charge is 2.59. The van der Waals surface area contributed by atoms with E-state index in [1.165, 1.54) is 19.1 Å². The number of H-pyrrole nitrogens is 1. The number of halogens is 3. The molecule has 12 nitrogen and oxygen atoms in total. The largest absolute Gasteiger partial charge is 0.462 e. The van der Waals surface area contributed by atoms with E-state index in [9.17, 15) is 32.8 Å². The fraction of sp³-hybridized carbons (Fsp3) is 0.500. The summed E-state index contributed by atoms with van der Waals surface area (Å²) in [6, 6.07) is 6.41. The smallest absolute Gasteiger partial charge is 0.459 e. The lowest BCUT2D eigenvalue weighted by atomic mass is 9.97. The summed E-state index contributed by atoms with van der Waals surface area (Å²) in [6.45, 7) is 1.75. The summed E-state index contributed by atoms with van der Waals surface area (Å²) in [4.78, 5) is 37.3. The number of aromatic amines is 1. The van der Waals surface area contributed by atoms with Crippen LogP contribution in [0.3, 0.4) is 0 Å². The predicted molar refractivity (Wildman–Crippen MR) is 125 cm³/mol. The second-order valence-corrected chi connectivity index (χ2v) is 10.4. The first kappa shape index (κ1) is 29.6. The number of nitrogens with zero attached hydrogens (tertiary/aromatic N) is 1. The van der Waals surface area contributed by atoms with Crippen molar-refractivity contribution < 1.29 is 46.2 Å². The Kier molecular flexibility index (Phi) is 9.21. The second kappa shape index (κ2) is 11.8. The van der Waals surface area contributed by atoms with Gasteiger partial charge in [0.25, 0.3) is 5.56 Å². The highest BCUT2D eigenvalue weighted by Crippen LogP contribution is 2.47. The van der Waals surface area contributed by atoms with Crippen LogP contribution in [0.4, 0.5) is 13.2 Å². The minimum Gasteiger partial charge on any atom is -0.462 e. The van der Waals surface area contributed by atoms with E-state index >= 15 is 4.39 Å². The van der Waals surface area contributed by atoms with Gasteiger partial charge >= 0.3 is 19.4 Å². The molecule has 1 aromatic carbocycles. The van der Waals surface area contributed by atoms with E-state index in [-0.39, 0.29) is 10.3 Å². The highest BCUT2D eigenvalue weighted by molar-refractivity contribution is 7.52. The third-order valence-corrected chi connectivity index (χ3v) is 7.02. The molecular weight excluding hydrogens is 538 g/mol. The molecule has 0 radical (unpaired) electrons. The number of hydrogen-bond donors (Lipinski definition) is 3. The number of aromatic nitrogens is 2. The van der Waals surface area contributed by atoms with Crippen molar-refractivity contribution in [3.8, 4) is 5.75 Å². The Morgan fingerprint density at radius 2 is 1.95 bits per heavy atom. The Balaban J connectivity index is 1.85. The number of alkyl halides is 2. The maximum absolute atomic E-state index is 15.5. The van der Waals surface area contributed by atoms with Crippen molar-refractivity contribution in [3.63, 3.8) is 0 Å². The van der Waals surface area contributed by atoms with E-state index in [2.05, 4.69) is 5.09 Å². The molecule has 1 aliphatic heterocycles. The number of aliphatic hydroxyl groups excluding tert-OH is 1. The summed E-state index contributed by atoms with van der Waals surface area (Å²) >= 11 is 0. The predicted octanol–water partition coefficient (Wildman–Crippen LogP) is 1.75. The van der Waals surface area contributed by atoms with Crippen LogP contribution in [0.2, 0.25) is 0 Å². The standard InChI is InChI=1S/C22H27F3N3O9P/c1-12(2)35-19(31)13(3)27-38(33,37-14-7-5-4-6-8-14)34-10-16-17(29)22(25,11-23)20(36-16)28-9-15(24)18(30)26-21(28)32/h4-9,12-13,16-17,20,29H,10-11H2,1-3H3,(H,27,33)(H,26,30,32)/t13-,16+,17?,20+,22+,38?/m0/s1. The van der Waals surface area contributed by atoms with E-state index in [1.807, 2.05) is 0 Å². The average molecular weight is 565 g/mol. The second-order valence-electron chi connectivity index (χ2n) is 8.71. The first-order valence-electron chi connectivity index (χ1n) is 11.4. The maximum atomic E-state index is 15.5. The van der Waals surface area contributed by atoms with Gasteiger partial charge in [0.05, 0.1) is 18.9 Å². The minimum absolute atomic E-state index is 0.0531. The van der Waals surface area contributed by atoms with Gasteiger partial charge in [-0.25, -0.2) is 18.1 Å². The Labute approximate surface area is 214 Å². The summed E-state index contributed by atoms with van der Waals surface area (Å²) in [5.41, 5.74) is -6.01. The van der Waals surface area contributed by atoms with Crippen LogP contribution in [0, 0.1) is 5.82 Å². The SMILES string of the molecule is CC(C)OC(=O)[C@H](C)NP(=O)(OC[C@H]1O[C@@H](n2cc(F)c(=O)[nH]c2=O)[C@@](F)(CF)C1O)Oc1ccccc1. The molecule has 0 aliphatic carbocycles. The van der Waals surface area contributed by atoms with Gasteiger partial charge in [0, 0.05) is 0 Å². The molecule has 2 heterocycles. The van der Waals surface area contributed by atoms with Crippen LogP contribution in [0.5, 0.6) is 5.75 Å². The van der Waals surface area contributed by atoms with Crippen LogP contribution in [-0.4, -0.2) is 63.9 Å². The van der Waals surface area contributed by atoms with Crippen LogP contribution in [0.25, 0.3) is 0 Å². The summed E-state index contributed by atoms with van der Waals surface area (Å²) in [6.07, 6.45) is -6.46. The molecule has 1 aliphatic rings. The molecule has 2 unspecified atom stereocenters. The Hall–Kier alpha value is -2.97. The van der Waals surface area contributed by atoms with Crippen molar-refractivity contribution in [3.05, 3.63) is 63.2 Å². The quantitative estimate of drug-likeness (QED) is 0.271. The van der Waals surface area contributed by atoms with Crippen LogP contribution < -0.4 is 20.9 Å². The van der Waals surface area contributed by atoms with Crippen LogP contribution in [0.1, 0.15) is 27.0 Å². The van der Waals surface area contributed by atoms with Crippen molar-refractivity contribution in [2.75, 3.05) is 13.3 Å². The average Bonchev–Trinajstić information content (AvgIpc) is 3.10. The van der Waals surface area contributed by atoms with Crippen LogP contribution >= 0.6 is 7.75 Å². The van der Waals surface area contributed by atoms with Gasteiger partial charge in [0.15, 0.2) is 6.23 Å². The molecule has 0 spiro atoms. The molecule has 0 bridgehead atoms. The van der Waals surface area contributed by atoms with E-state index in [0.717, 1.165) is 0 Å². The number of hydrogen-bond acceptors (Lipinski definition) is 9. The monoisotopic (exact) mass is 565 g/mol. The lowest BCUT2D eigenvalue weighted by Crippen LogP contribution is -2.48. The number of ether oxygens (including phenoxy) is 2. The lowest BCUT2D eigenvalue weighted by molar-refractivity contribution is -0.149. The molecule has 1 saturated heterocycles. The van der Waals surface area contributed by atoms with Crippen LogP contribution in [-0.2, 0) is 23.4 Å². The van der Waals surface area contributed by atoms with Crippen molar-refractivity contribution in [2.45, 2.75) is 57.0 Å². The molecule has 2 aromatic rings. The van der Waals surface area contributed by atoms with Gasteiger partial charge in [0.2, 0.25) is 11.5 Å². The van der Waals surface area contributed by atoms with Gasteiger partial charge in [-0.1, -0.05) is 18.2 Å². The fourth-order valence-corrected chi connectivity index (χ4v) is 5.02. The fourth-order valence-electron chi connectivity index (χ4n) is 3.52. The molecule has 210 valence electrons. The van der Waals surface area contributed by atoms with E-state index in [4.69, 9.17) is 18.5 Å². The van der Waals surface area contributed by atoms with Gasteiger partial charge in [-0.3, -0.25) is 23.7 Å². The Morgan fingerprint density at radius 3 is 2.55 bits per heavy atom. The van der Waals surface area contributed by atoms with E-state index in [0.29, 0.717) is 6.20 Å². The number of rotatable bonds is 11. The topological polar surface area (TPSA) is 158 Å². The molecule has 1 fully saturated rings. The number of benzene rings is 1. The highest BCUT2D eigenvalue weighted by atomic mass is 31.2. The Morgan fingerprint density at radius 1 is 1.29 bits per heavy atom. The zero-order valence-corrected chi connectivity index (χ0v) is 21.4. The summed E-state index contributed by atoms with van der Waals surface area (Å²) < 4.78 is 78.0.